The highest BCUT2D eigenvalue weighted by Crippen LogP contribution is 2.37. The van der Waals surface area contributed by atoms with Gasteiger partial charge in [0.25, 0.3) is 0 Å². The van der Waals surface area contributed by atoms with E-state index < -0.39 is 5.82 Å². The first-order valence-corrected chi connectivity index (χ1v) is 12.1. The van der Waals surface area contributed by atoms with Gasteiger partial charge < -0.3 is 25.6 Å². The molecule has 36 heavy (non-hydrogen) atoms. The van der Waals surface area contributed by atoms with Crippen molar-refractivity contribution < 1.29 is 14.3 Å². The van der Waals surface area contributed by atoms with Crippen molar-refractivity contribution in [3.05, 3.63) is 65.2 Å². The fourth-order valence-corrected chi connectivity index (χ4v) is 4.79. The molecule has 0 unspecified atom stereocenters. The topological polar surface area (TPSA) is 106 Å². The van der Waals surface area contributed by atoms with Gasteiger partial charge in [0, 0.05) is 25.5 Å². The number of piperidine rings is 1. The number of hydrogen-bond donors (Lipinski definition) is 4. The third-order valence-corrected chi connectivity index (χ3v) is 6.86. The first-order valence-electron chi connectivity index (χ1n) is 11.7. The number of benzene rings is 1. The molecule has 186 valence electrons. The van der Waals surface area contributed by atoms with Gasteiger partial charge >= 0.3 is 0 Å². The van der Waals surface area contributed by atoms with Crippen LogP contribution in [0.1, 0.15) is 18.4 Å². The molecule has 0 aliphatic carbocycles. The summed E-state index contributed by atoms with van der Waals surface area (Å²) in [5.74, 6) is -0.0171. The summed E-state index contributed by atoms with van der Waals surface area (Å²) in [5, 5.41) is 17.5. The second-order valence-corrected chi connectivity index (χ2v) is 9.30. The zero-order valence-corrected chi connectivity index (χ0v) is 20.4. The maximum Gasteiger partial charge on any atom is 0.227 e. The Morgan fingerprint density at radius 3 is 2.81 bits per heavy atom. The maximum absolute atomic E-state index is 14.6. The Kier molecular flexibility index (Phi) is 6.75. The molecule has 8 nitrogen and oxygen atoms in total. The molecule has 1 amide bonds. The molecule has 0 saturated carbocycles. The zero-order chi connectivity index (χ0) is 25.2. The number of anilines is 2. The highest BCUT2D eigenvalue weighted by atomic mass is 35.5. The normalized spacial score (nSPS) is 14.2. The van der Waals surface area contributed by atoms with Crippen LogP contribution in [0, 0.1) is 5.82 Å². The van der Waals surface area contributed by atoms with Crippen molar-refractivity contribution in [3.63, 3.8) is 0 Å². The van der Waals surface area contributed by atoms with Crippen molar-refractivity contribution in [2.45, 2.75) is 25.3 Å². The molecule has 5 rings (SSSR count). The number of nitrogens with one attached hydrogen (secondary N) is 3. The fourth-order valence-electron chi connectivity index (χ4n) is 4.53. The number of aromatic hydroxyl groups is 1. The van der Waals surface area contributed by atoms with Gasteiger partial charge in [-0.05, 0) is 55.8 Å². The molecule has 1 aliphatic heterocycles. The van der Waals surface area contributed by atoms with Crippen molar-refractivity contribution in [2.75, 3.05) is 25.5 Å². The fraction of sp³-hybridized carbons (Fsp3) is 0.269. The van der Waals surface area contributed by atoms with Crippen molar-refractivity contribution in [1.82, 2.24) is 25.2 Å². The van der Waals surface area contributed by atoms with Gasteiger partial charge in [0.1, 0.15) is 11.6 Å². The highest BCUT2D eigenvalue weighted by molar-refractivity contribution is 6.33. The Balaban J connectivity index is 1.38. The van der Waals surface area contributed by atoms with Crippen molar-refractivity contribution in [1.29, 1.82) is 0 Å². The first kappa shape index (κ1) is 24.0. The van der Waals surface area contributed by atoms with Crippen LogP contribution >= 0.6 is 11.6 Å². The van der Waals surface area contributed by atoms with Crippen molar-refractivity contribution in [3.8, 4) is 17.1 Å². The Labute approximate surface area is 212 Å². The Hall–Kier alpha value is -3.69. The minimum atomic E-state index is -0.498. The molecule has 4 heterocycles. The minimum absolute atomic E-state index is 0.0592. The Bertz CT molecular complexity index is 1380. The van der Waals surface area contributed by atoms with Gasteiger partial charge in [-0.25, -0.2) is 14.4 Å². The van der Waals surface area contributed by atoms with E-state index in [9.17, 15) is 14.3 Å². The minimum Gasteiger partial charge on any atom is -0.494 e. The molecular weight excluding hydrogens is 483 g/mol. The van der Waals surface area contributed by atoms with Gasteiger partial charge in [0.15, 0.2) is 5.88 Å². The lowest BCUT2D eigenvalue weighted by atomic mass is 10.0. The number of amides is 1. The average Bonchev–Trinajstić information content (AvgIpc) is 3.26. The van der Waals surface area contributed by atoms with Crippen LogP contribution < -0.4 is 10.6 Å². The van der Waals surface area contributed by atoms with E-state index in [2.05, 4.69) is 25.6 Å². The zero-order valence-electron chi connectivity index (χ0n) is 19.7. The number of likely N-dealkylation sites (N-methyl/N-ethyl adjacent to an activating group) is 1. The van der Waals surface area contributed by atoms with Gasteiger partial charge in [-0.2, -0.15) is 0 Å². The number of halogens is 2. The smallest absolute Gasteiger partial charge is 0.227 e. The molecule has 1 saturated heterocycles. The van der Waals surface area contributed by atoms with E-state index in [-0.39, 0.29) is 34.8 Å². The molecule has 0 spiro atoms. The van der Waals surface area contributed by atoms with Crippen LogP contribution in [-0.4, -0.2) is 57.0 Å². The summed E-state index contributed by atoms with van der Waals surface area (Å²) in [6, 6.07) is 9.92. The Morgan fingerprint density at radius 1 is 1.28 bits per heavy atom. The SMILES string of the molecule is CN(C(=O)Cc1ccc(Nc2cc(-c3c(F)cccc3Cl)nc3c[nH]c(O)c23)nc1)C1CCNCC1. The second-order valence-electron chi connectivity index (χ2n) is 8.89. The van der Waals surface area contributed by atoms with Crippen molar-refractivity contribution >= 4 is 39.9 Å². The van der Waals surface area contributed by atoms with Gasteiger partial charge in [-0.1, -0.05) is 23.7 Å². The number of pyridine rings is 2. The van der Waals surface area contributed by atoms with Crippen LogP contribution in [0.5, 0.6) is 5.88 Å². The molecule has 3 aromatic heterocycles. The standard InChI is InChI=1S/C26H26ClFN6O2/c1-34(16-7-9-29-10-8-16)23(35)11-15-5-6-22(30-13-15)33-20-12-19(24-17(27)3-2-4-18(24)28)32-21-14-31-26(36)25(20)21/h2-6,12-14,16,29,31,36H,7-11H2,1H3,(H,30,33). The molecule has 4 aromatic rings. The predicted molar refractivity (Wildman–Crippen MR) is 138 cm³/mol. The molecular formula is C26H26ClFN6O2. The average molecular weight is 509 g/mol. The lowest BCUT2D eigenvalue weighted by Crippen LogP contribution is -2.44. The number of carbonyl (C=O) groups is 1. The second kappa shape index (κ2) is 10.1. The summed E-state index contributed by atoms with van der Waals surface area (Å²) in [7, 11) is 1.86. The van der Waals surface area contributed by atoms with Gasteiger partial charge in [-0.15, -0.1) is 0 Å². The van der Waals surface area contributed by atoms with Crippen LogP contribution in [0.25, 0.3) is 22.2 Å². The monoisotopic (exact) mass is 508 g/mol. The number of H-pyrrole nitrogens is 1. The number of rotatable bonds is 6. The number of aromatic nitrogens is 3. The van der Waals surface area contributed by atoms with Gasteiger partial charge in [0.2, 0.25) is 5.91 Å². The number of hydrogen-bond acceptors (Lipinski definition) is 6. The first-order chi connectivity index (χ1) is 17.4. The van der Waals surface area contributed by atoms with Gasteiger partial charge in [-0.3, -0.25) is 4.79 Å². The van der Waals surface area contributed by atoms with E-state index in [1.54, 1.807) is 24.4 Å². The van der Waals surface area contributed by atoms with Gasteiger partial charge in [0.05, 0.1) is 39.3 Å². The molecule has 1 aromatic carbocycles. The summed E-state index contributed by atoms with van der Waals surface area (Å²) in [5.41, 5.74) is 2.21. The quantitative estimate of drug-likeness (QED) is 0.303. The van der Waals surface area contributed by atoms with E-state index in [1.165, 1.54) is 18.3 Å². The number of aromatic amines is 1. The maximum atomic E-state index is 14.6. The van der Waals surface area contributed by atoms with Crippen LogP contribution in [0.15, 0.2) is 48.8 Å². The van der Waals surface area contributed by atoms with Crippen LogP contribution in [0.3, 0.4) is 0 Å². The summed E-state index contributed by atoms with van der Waals surface area (Å²) < 4.78 is 14.6. The highest BCUT2D eigenvalue weighted by Gasteiger charge is 2.22. The van der Waals surface area contributed by atoms with Crippen LogP contribution in [0.4, 0.5) is 15.9 Å². The number of fused-ring (bicyclic) bond motifs is 1. The van der Waals surface area contributed by atoms with E-state index in [4.69, 9.17) is 11.6 Å². The van der Waals surface area contributed by atoms with Crippen LogP contribution in [-0.2, 0) is 11.2 Å². The lowest BCUT2D eigenvalue weighted by Gasteiger charge is -2.31. The summed E-state index contributed by atoms with van der Waals surface area (Å²) in [6.45, 7) is 1.85. The third-order valence-electron chi connectivity index (χ3n) is 6.54. The number of carbonyl (C=O) groups excluding carboxylic acids is 1. The molecule has 0 bridgehead atoms. The molecule has 10 heteroatoms. The van der Waals surface area contributed by atoms with E-state index in [0.717, 1.165) is 31.5 Å². The van der Waals surface area contributed by atoms with E-state index in [1.807, 2.05) is 18.0 Å². The number of nitrogens with zero attached hydrogens (tertiary/aromatic N) is 3. The summed E-state index contributed by atoms with van der Waals surface area (Å²) in [6.07, 6.45) is 5.36. The van der Waals surface area contributed by atoms with Crippen molar-refractivity contribution in [2.24, 2.45) is 0 Å². The van der Waals surface area contributed by atoms with Crippen LogP contribution in [0.2, 0.25) is 5.02 Å². The predicted octanol–water partition coefficient (Wildman–Crippen LogP) is 4.62. The third kappa shape index (κ3) is 4.84. The largest absolute Gasteiger partial charge is 0.494 e. The lowest BCUT2D eigenvalue weighted by molar-refractivity contribution is -0.131. The molecule has 4 N–H and O–H groups in total. The summed E-state index contributed by atoms with van der Waals surface area (Å²) >= 11 is 6.26. The molecule has 1 fully saturated rings. The molecule has 0 radical (unpaired) electrons. The summed E-state index contributed by atoms with van der Waals surface area (Å²) in [4.78, 5) is 26.3. The molecule has 1 aliphatic rings. The Morgan fingerprint density at radius 2 is 2.08 bits per heavy atom. The van der Waals surface area contributed by atoms with E-state index >= 15 is 0 Å². The van der Waals surface area contributed by atoms with E-state index in [0.29, 0.717) is 28.1 Å². The molecule has 0 atom stereocenters.